The third-order valence-corrected chi connectivity index (χ3v) is 4.47. The lowest BCUT2D eigenvalue weighted by molar-refractivity contribution is 0.325. The van der Waals surface area contributed by atoms with Crippen molar-refractivity contribution in [1.29, 1.82) is 0 Å². The van der Waals surface area contributed by atoms with E-state index in [1.54, 1.807) is 6.20 Å². The summed E-state index contributed by atoms with van der Waals surface area (Å²) in [7, 11) is 0. The number of aryl methyl sites for hydroxylation is 3. The molecule has 0 aliphatic rings. The van der Waals surface area contributed by atoms with Gasteiger partial charge in [0.2, 0.25) is 11.8 Å². The summed E-state index contributed by atoms with van der Waals surface area (Å²) in [6, 6.07) is 5.71. The van der Waals surface area contributed by atoms with Gasteiger partial charge in [0.1, 0.15) is 22.8 Å². The SMILES string of the molecule is CCOc1cc(-c2nc(C)c(-c3nc(C)ccc3OCC)nc2OCC)c(C)cn1. The van der Waals surface area contributed by atoms with Crippen LogP contribution in [0.2, 0.25) is 0 Å². The zero-order chi connectivity index (χ0) is 21.7. The molecule has 0 fully saturated rings. The third kappa shape index (κ3) is 4.50. The van der Waals surface area contributed by atoms with Crippen molar-refractivity contribution < 1.29 is 14.2 Å². The van der Waals surface area contributed by atoms with Crippen LogP contribution in [-0.2, 0) is 0 Å². The summed E-state index contributed by atoms with van der Waals surface area (Å²) in [4.78, 5) is 18.7. The summed E-state index contributed by atoms with van der Waals surface area (Å²) in [5.74, 6) is 1.66. The topological polar surface area (TPSA) is 79.3 Å². The molecule has 3 aromatic heterocycles. The Kier molecular flexibility index (Phi) is 6.82. The van der Waals surface area contributed by atoms with Crippen molar-refractivity contribution in [3.8, 4) is 40.2 Å². The van der Waals surface area contributed by atoms with E-state index >= 15 is 0 Å². The molecule has 0 N–H and O–H groups in total. The predicted molar refractivity (Wildman–Crippen MR) is 116 cm³/mol. The Balaban J connectivity index is 2.20. The summed E-state index contributed by atoms with van der Waals surface area (Å²) in [5.41, 5.74) is 5.42. The first-order valence-electron chi connectivity index (χ1n) is 10.2. The van der Waals surface area contributed by atoms with Crippen molar-refractivity contribution in [2.45, 2.75) is 41.5 Å². The van der Waals surface area contributed by atoms with Crippen LogP contribution in [0.5, 0.6) is 17.5 Å². The smallest absolute Gasteiger partial charge is 0.241 e. The molecule has 0 bridgehead atoms. The van der Waals surface area contributed by atoms with E-state index in [1.165, 1.54) is 0 Å². The van der Waals surface area contributed by atoms with Crippen LogP contribution in [-0.4, -0.2) is 39.8 Å². The van der Waals surface area contributed by atoms with E-state index in [1.807, 2.05) is 59.7 Å². The average Bonchev–Trinajstić information content (AvgIpc) is 2.72. The van der Waals surface area contributed by atoms with E-state index in [0.29, 0.717) is 54.4 Å². The van der Waals surface area contributed by atoms with Gasteiger partial charge in [-0.25, -0.2) is 19.9 Å². The van der Waals surface area contributed by atoms with E-state index in [9.17, 15) is 0 Å². The molecule has 158 valence electrons. The maximum absolute atomic E-state index is 5.89. The minimum Gasteiger partial charge on any atom is -0.492 e. The normalized spacial score (nSPS) is 10.7. The van der Waals surface area contributed by atoms with Crippen molar-refractivity contribution in [1.82, 2.24) is 19.9 Å². The first-order valence-corrected chi connectivity index (χ1v) is 10.2. The van der Waals surface area contributed by atoms with Gasteiger partial charge in [-0.1, -0.05) is 0 Å². The lowest BCUT2D eigenvalue weighted by Gasteiger charge is -2.16. The highest BCUT2D eigenvalue weighted by molar-refractivity contribution is 5.73. The fourth-order valence-electron chi connectivity index (χ4n) is 3.11. The quantitative estimate of drug-likeness (QED) is 0.533. The highest BCUT2D eigenvalue weighted by Gasteiger charge is 2.21. The van der Waals surface area contributed by atoms with Crippen LogP contribution in [0.1, 0.15) is 37.7 Å². The molecule has 3 aromatic rings. The molecule has 0 aliphatic carbocycles. The van der Waals surface area contributed by atoms with Gasteiger partial charge in [-0.05, 0) is 59.2 Å². The Morgan fingerprint density at radius 3 is 2.20 bits per heavy atom. The van der Waals surface area contributed by atoms with Gasteiger partial charge in [0.25, 0.3) is 0 Å². The second-order valence-electron chi connectivity index (χ2n) is 6.75. The summed E-state index contributed by atoms with van der Waals surface area (Å²) in [5, 5.41) is 0. The molecule has 0 aliphatic heterocycles. The Labute approximate surface area is 177 Å². The molecule has 0 amide bonds. The van der Waals surface area contributed by atoms with Gasteiger partial charge < -0.3 is 14.2 Å². The number of ether oxygens (including phenoxy) is 3. The largest absolute Gasteiger partial charge is 0.492 e. The van der Waals surface area contributed by atoms with Gasteiger partial charge in [-0.2, -0.15) is 0 Å². The second kappa shape index (κ2) is 9.52. The third-order valence-electron chi connectivity index (χ3n) is 4.47. The van der Waals surface area contributed by atoms with E-state index in [2.05, 4.69) is 9.97 Å². The van der Waals surface area contributed by atoms with Crippen molar-refractivity contribution in [3.63, 3.8) is 0 Å². The van der Waals surface area contributed by atoms with Gasteiger partial charge in [-0.3, -0.25) is 0 Å². The molecule has 0 saturated carbocycles. The molecule has 30 heavy (non-hydrogen) atoms. The molecule has 0 unspecified atom stereocenters. The first kappa shape index (κ1) is 21.5. The number of rotatable bonds is 8. The molecule has 3 heterocycles. The van der Waals surface area contributed by atoms with Crippen LogP contribution in [0.15, 0.2) is 24.4 Å². The summed E-state index contributed by atoms with van der Waals surface area (Å²) in [6.45, 7) is 13.2. The Morgan fingerprint density at radius 1 is 0.767 bits per heavy atom. The van der Waals surface area contributed by atoms with E-state index < -0.39 is 0 Å². The Hall–Kier alpha value is -3.22. The summed E-state index contributed by atoms with van der Waals surface area (Å²) in [6.07, 6.45) is 1.77. The van der Waals surface area contributed by atoms with Crippen molar-refractivity contribution in [2.24, 2.45) is 0 Å². The molecular weight excluding hydrogens is 380 g/mol. The average molecular weight is 409 g/mol. The highest BCUT2D eigenvalue weighted by atomic mass is 16.5. The molecule has 7 nitrogen and oxygen atoms in total. The van der Waals surface area contributed by atoms with Gasteiger partial charge >= 0.3 is 0 Å². The maximum atomic E-state index is 5.89. The minimum absolute atomic E-state index is 0.445. The van der Waals surface area contributed by atoms with Crippen LogP contribution in [0.4, 0.5) is 0 Å². The van der Waals surface area contributed by atoms with E-state index in [4.69, 9.17) is 24.2 Å². The Bertz CT molecular complexity index is 1040. The standard InChI is InChI=1S/C23H28N4O3/c1-7-28-18-11-10-15(5)25-22(18)20-16(6)26-21(23(27-20)30-9-3)17-12-19(29-8-2)24-13-14(17)4/h10-13H,7-9H2,1-6H3. The van der Waals surface area contributed by atoms with Gasteiger partial charge in [0.15, 0.2) is 0 Å². The maximum Gasteiger partial charge on any atom is 0.241 e. The lowest BCUT2D eigenvalue weighted by atomic mass is 10.1. The monoisotopic (exact) mass is 408 g/mol. The molecule has 0 atom stereocenters. The Morgan fingerprint density at radius 2 is 1.50 bits per heavy atom. The second-order valence-corrected chi connectivity index (χ2v) is 6.75. The number of hydrogen-bond acceptors (Lipinski definition) is 7. The molecular formula is C23H28N4O3. The van der Waals surface area contributed by atoms with E-state index in [0.717, 1.165) is 22.5 Å². The van der Waals surface area contributed by atoms with Gasteiger partial charge in [-0.15, -0.1) is 0 Å². The summed E-state index contributed by atoms with van der Waals surface area (Å²) >= 11 is 0. The molecule has 7 heteroatoms. The lowest BCUT2D eigenvalue weighted by Crippen LogP contribution is -2.06. The summed E-state index contributed by atoms with van der Waals surface area (Å²) < 4.78 is 17.2. The zero-order valence-electron chi connectivity index (χ0n) is 18.4. The predicted octanol–water partition coefficient (Wildman–Crippen LogP) is 4.72. The van der Waals surface area contributed by atoms with Crippen LogP contribution in [0.3, 0.4) is 0 Å². The highest BCUT2D eigenvalue weighted by Crippen LogP contribution is 2.36. The fraction of sp³-hybridized carbons (Fsp3) is 0.391. The van der Waals surface area contributed by atoms with Crippen molar-refractivity contribution in [2.75, 3.05) is 19.8 Å². The van der Waals surface area contributed by atoms with Crippen LogP contribution < -0.4 is 14.2 Å². The van der Waals surface area contributed by atoms with Crippen LogP contribution in [0.25, 0.3) is 22.6 Å². The fourth-order valence-corrected chi connectivity index (χ4v) is 3.11. The van der Waals surface area contributed by atoms with E-state index in [-0.39, 0.29) is 0 Å². The minimum atomic E-state index is 0.445. The van der Waals surface area contributed by atoms with Crippen molar-refractivity contribution in [3.05, 3.63) is 41.3 Å². The molecule has 0 saturated heterocycles. The van der Waals surface area contributed by atoms with Gasteiger partial charge in [0.05, 0.1) is 25.5 Å². The zero-order valence-corrected chi connectivity index (χ0v) is 18.4. The first-order chi connectivity index (χ1) is 14.5. The molecule has 0 aromatic carbocycles. The van der Waals surface area contributed by atoms with Crippen LogP contribution in [0, 0.1) is 20.8 Å². The van der Waals surface area contributed by atoms with Crippen LogP contribution >= 0.6 is 0 Å². The number of hydrogen-bond donors (Lipinski definition) is 0. The number of pyridine rings is 2. The molecule has 3 rings (SSSR count). The molecule has 0 spiro atoms. The molecule has 0 radical (unpaired) electrons. The number of aromatic nitrogens is 4. The number of nitrogens with zero attached hydrogens (tertiary/aromatic N) is 4. The van der Waals surface area contributed by atoms with Crippen molar-refractivity contribution >= 4 is 0 Å². The van der Waals surface area contributed by atoms with Gasteiger partial charge in [0, 0.05) is 23.5 Å².